The molecular formula is C23H25N3OS2. The molecule has 1 saturated carbocycles. The minimum Gasteiger partial charge on any atom is -0.330 e. The fourth-order valence-electron chi connectivity index (χ4n) is 3.67. The standard InChI is InChI=1S/C23H25N3OS2/c1-16-7-13-20(14-8-16)24-22-25-26-23(29-22)28-15-21(27)19-11-9-18(10-12-19)17-5-3-2-4-6-17/h7-14,17H,2-6,15H2,1H3,(H,24,25). The number of rotatable bonds is 7. The number of nitrogens with one attached hydrogen (secondary N) is 1. The molecule has 0 amide bonds. The van der Waals surface area contributed by atoms with Gasteiger partial charge in [0.1, 0.15) is 0 Å². The van der Waals surface area contributed by atoms with Crippen LogP contribution in [0.25, 0.3) is 0 Å². The largest absolute Gasteiger partial charge is 0.330 e. The highest BCUT2D eigenvalue weighted by atomic mass is 32.2. The first-order chi connectivity index (χ1) is 14.2. The molecule has 2 aromatic carbocycles. The van der Waals surface area contributed by atoms with Crippen LogP contribution in [0.2, 0.25) is 0 Å². The van der Waals surface area contributed by atoms with Crippen LogP contribution in [-0.4, -0.2) is 21.7 Å². The lowest BCUT2D eigenvalue weighted by molar-refractivity contribution is 0.102. The molecule has 0 atom stereocenters. The van der Waals surface area contributed by atoms with Gasteiger partial charge in [-0.2, -0.15) is 0 Å². The van der Waals surface area contributed by atoms with E-state index in [1.807, 2.05) is 24.3 Å². The van der Waals surface area contributed by atoms with E-state index in [1.54, 1.807) is 0 Å². The van der Waals surface area contributed by atoms with E-state index >= 15 is 0 Å². The van der Waals surface area contributed by atoms with Crippen molar-refractivity contribution in [2.75, 3.05) is 11.1 Å². The number of aryl methyl sites for hydroxylation is 1. The maximum Gasteiger partial charge on any atom is 0.210 e. The van der Waals surface area contributed by atoms with Crippen molar-refractivity contribution < 1.29 is 4.79 Å². The second-order valence-corrected chi connectivity index (χ2v) is 9.73. The van der Waals surface area contributed by atoms with Crippen molar-refractivity contribution in [3.8, 4) is 0 Å². The Balaban J connectivity index is 1.30. The molecule has 0 saturated heterocycles. The molecular weight excluding hydrogens is 398 g/mol. The fourth-order valence-corrected chi connectivity index (χ4v) is 5.33. The molecule has 1 N–H and O–H groups in total. The molecule has 1 fully saturated rings. The van der Waals surface area contributed by atoms with Gasteiger partial charge in [-0.05, 0) is 43.4 Å². The Morgan fingerprint density at radius 2 is 1.76 bits per heavy atom. The fraction of sp³-hybridized carbons (Fsp3) is 0.348. The smallest absolute Gasteiger partial charge is 0.210 e. The van der Waals surface area contributed by atoms with Gasteiger partial charge in [0.2, 0.25) is 5.13 Å². The van der Waals surface area contributed by atoms with Crippen LogP contribution in [0.4, 0.5) is 10.8 Å². The van der Waals surface area contributed by atoms with E-state index in [2.05, 4.69) is 46.7 Å². The van der Waals surface area contributed by atoms with Crippen LogP contribution in [0.15, 0.2) is 52.9 Å². The Morgan fingerprint density at radius 3 is 2.48 bits per heavy atom. The molecule has 0 unspecified atom stereocenters. The topological polar surface area (TPSA) is 54.9 Å². The van der Waals surface area contributed by atoms with Crippen LogP contribution in [0.5, 0.6) is 0 Å². The summed E-state index contributed by atoms with van der Waals surface area (Å²) in [6.45, 7) is 2.06. The number of carbonyl (C=O) groups is 1. The first kappa shape index (κ1) is 20.1. The van der Waals surface area contributed by atoms with E-state index in [-0.39, 0.29) is 5.78 Å². The molecule has 0 aliphatic heterocycles. The summed E-state index contributed by atoms with van der Waals surface area (Å²) < 4.78 is 0.798. The zero-order valence-corrected chi connectivity index (χ0v) is 18.2. The summed E-state index contributed by atoms with van der Waals surface area (Å²) >= 11 is 2.91. The minimum atomic E-state index is 0.133. The lowest BCUT2D eigenvalue weighted by Crippen LogP contribution is -2.06. The molecule has 1 heterocycles. The number of hydrogen-bond donors (Lipinski definition) is 1. The van der Waals surface area contributed by atoms with E-state index in [4.69, 9.17) is 0 Å². The van der Waals surface area contributed by atoms with Gasteiger partial charge in [-0.25, -0.2) is 0 Å². The van der Waals surface area contributed by atoms with Gasteiger partial charge >= 0.3 is 0 Å². The molecule has 0 bridgehead atoms. The molecule has 0 radical (unpaired) electrons. The quantitative estimate of drug-likeness (QED) is 0.342. The highest BCUT2D eigenvalue weighted by molar-refractivity contribution is 8.01. The Morgan fingerprint density at radius 1 is 1.03 bits per heavy atom. The minimum absolute atomic E-state index is 0.133. The molecule has 150 valence electrons. The van der Waals surface area contributed by atoms with Crippen molar-refractivity contribution in [3.63, 3.8) is 0 Å². The van der Waals surface area contributed by atoms with Crippen molar-refractivity contribution in [2.24, 2.45) is 0 Å². The maximum absolute atomic E-state index is 12.6. The van der Waals surface area contributed by atoms with E-state index in [1.165, 1.54) is 66.3 Å². The van der Waals surface area contributed by atoms with Gasteiger partial charge in [0.05, 0.1) is 5.75 Å². The lowest BCUT2D eigenvalue weighted by Gasteiger charge is -2.22. The monoisotopic (exact) mass is 423 g/mol. The number of nitrogens with zero attached hydrogens (tertiary/aromatic N) is 2. The van der Waals surface area contributed by atoms with Gasteiger partial charge in [0, 0.05) is 11.3 Å². The average Bonchev–Trinajstić information content (AvgIpc) is 3.22. The van der Waals surface area contributed by atoms with Crippen LogP contribution in [0, 0.1) is 6.92 Å². The number of carbonyl (C=O) groups excluding carboxylic acids is 1. The van der Waals surface area contributed by atoms with E-state index < -0.39 is 0 Å². The van der Waals surface area contributed by atoms with Gasteiger partial charge < -0.3 is 5.32 Å². The number of benzene rings is 2. The molecule has 1 aliphatic carbocycles. The molecule has 3 aromatic rings. The van der Waals surface area contributed by atoms with Crippen molar-refractivity contribution >= 4 is 39.7 Å². The first-order valence-corrected chi connectivity index (χ1v) is 11.9. The van der Waals surface area contributed by atoms with Crippen LogP contribution in [0.3, 0.4) is 0 Å². The second-order valence-electron chi connectivity index (χ2n) is 7.53. The highest BCUT2D eigenvalue weighted by Crippen LogP contribution is 2.33. The Bertz CT molecular complexity index is 945. The third-order valence-electron chi connectivity index (χ3n) is 5.35. The zero-order valence-electron chi connectivity index (χ0n) is 16.6. The van der Waals surface area contributed by atoms with Gasteiger partial charge in [-0.1, -0.05) is 84.3 Å². The Labute approximate surface area is 180 Å². The summed E-state index contributed by atoms with van der Waals surface area (Å²) in [5.74, 6) is 1.18. The molecule has 1 aliphatic rings. The summed E-state index contributed by atoms with van der Waals surface area (Å²) in [4.78, 5) is 12.6. The van der Waals surface area contributed by atoms with Crippen LogP contribution < -0.4 is 5.32 Å². The zero-order chi connectivity index (χ0) is 20.1. The molecule has 1 aromatic heterocycles. The lowest BCUT2D eigenvalue weighted by atomic mass is 9.84. The van der Waals surface area contributed by atoms with Gasteiger partial charge in [-0.3, -0.25) is 4.79 Å². The Kier molecular flexibility index (Phi) is 6.62. The number of Topliss-reactive ketones (excluding diaryl/α,β-unsaturated/α-hetero) is 1. The SMILES string of the molecule is Cc1ccc(Nc2nnc(SCC(=O)c3ccc(C4CCCCC4)cc3)s2)cc1. The number of hydrogen-bond acceptors (Lipinski definition) is 6. The van der Waals surface area contributed by atoms with E-state index in [9.17, 15) is 4.79 Å². The summed E-state index contributed by atoms with van der Waals surface area (Å²) in [6.07, 6.45) is 6.56. The van der Waals surface area contributed by atoms with Gasteiger partial charge in [0.15, 0.2) is 10.1 Å². The number of ketones is 1. The predicted octanol–water partition coefficient (Wildman–Crippen LogP) is 6.61. The van der Waals surface area contributed by atoms with Gasteiger partial charge in [-0.15, -0.1) is 10.2 Å². The average molecular weight is 424 g/mol. The maximum atomic E-state index is 12.6. The Hall–Kier alpha value is -2.18. The molecule has 4 rings (SSSR count). The molecule has 4 nitrogen and oxygen atoms in total. The third-order valence-corrected chi connectivity index (χ3v) is 7.32. The van der Waals surface area contributed by atoms with Gasteiger partial charge in [0.25, 0.3) is 0 Å². The van der Waals surface area contributed by atoms with Crippen LogP contribution in [0.1, 0.15) is 59.5 Å². The summed E-state index contributed by atoms with van der Waals surface area (Å²) in [5.41, 5.74) is 4.36. The number of thioether (sulfide) groups is 1. The molecule has 6 heteroatoms. The predicted molar refractivity (Wildman–Crippen MR) is 122 cm³/mol. The number of anilines is 2. The van der Waals surface area contributed by atoms with Crippen molar-refractivity contribution in [1.29, 1.82) is 0 Å². The van der Waals surface area contributed by atoms with Crippen molar-refractivity contribution in [2.45, 2.75) is 49.3 Å². The summed E-state index contributed by atoms with van der Waals surface area (Å²) in [5, 5.41) is 12.4. The van der Waals surface area contributed by atoms with Crippen molar-refractivity contribution in [3.05, 3.63) is 65.2 Å². The number of aromatic nitrogens is 2. The first-order valence-electron chi connectivity index (χ1n) is 10.1. The summed E-state index contributed by atoms with van der Waals surface area (Å²) in [7, 11) is 0. The van der Waals surface area contributed by atoms with Crippen LogP contribution in [-0.2, 0) is 0 Å². The van der Waals surface area contributed by atoms with Crippen molar-refractivity contribution in [1.82, 2.24) is 10.2 Å². The molecule has 0 spiro atoms. The van der Waals surface area contributed by atoms with E-state index in [0.717, 1.165) is 20.7 Å². The second kappa shape index (κ2) is 9.55. The van der Waals surface area contributed by atoms with Crippen LogP contribution >= 0.6 is 23.1 Å². The normalized spacial score (nSPS) is 14.7. The molecule has 29 heavy (non-hydrogen) atoms. The summed E-state index contributed by atoms with van der Waals surface area (Å²) in [6, 6.07) is 16.4. The van der Waals surface area contributed by atoms with E-state index in [0.29, 0.717) is 11.7 Å². The highest BCUT2D eigenvalue weighted by Gasteiger charge is 2.16. The third kappa shape index (κ3) is 5.46.